The molecule has 0 unspecified atom stereocenters. The zero-order chi connectivity index (χ0) is 21.6. The molecule has 1 atom stereocenters. The molecule has 0 N–H and O–H groups in total. The monoisotopic (exact) mass is 420 g/mol. The lowest BCUT2D eigenvalue weighted by Crippen LogP contribution is -2.35. The van der Waals surface area contributed by atoms with Crippen molar-refractivity contribution < 1.29 is 13.9 Å². The van der Waals surface area contributed by atoms with Crippen LogP contribution in [0.25, 0.3) is 11.3 Å². The molecule has 0 radical (unpaired) electrons. The summed E-state index contributed by atoms with van der Waals surface area (Å²) in [4.78, 5) is 27.6. The summed E-state index contributed by atoms with van der Waals surface area (Å²) in [6.45, 7) is 1.41. The lowest BCUT2D eigenvalue weighted by Gasteiger charge is -2.23. The molecule has 3 aromatic rings. The third kappa shape index (κ3) is 3.10. The molecular formula is C23H21FN4O3. The third-order valence-electron chi connectivity index (χ3n) is 6.35. The van der Waals surface area contributed by atoms with E-state index in [1.807, 2.05) is 0 Å². The van der Waals surface area contributed by atoms with E-state index in [0.717, 1.165) is 0 Å². The lowest BCUT2D eigenvalue weighted by molar-refractivity contribution is 0.0778. The second kappa shape index (κ2) is 7.30. The molecule has 1 fully saturated rings. The first-order chi connectivity index (χ1) is 15.0. The summed E-state index contributed by atoms with van der Waals surface area (Å²) in [5.41, 5.74) is 0.422. The molecule has 0 aliphatic carbocycles. The molecule has 158 valence electrons. The number of fused-ring (bicyclic) bond motifs is 2. The highest BCUT2D eigenvalue weighted by Crippen LogP contribution is 2.41. The van der Waals surface area contributed by atoms with E-state index < -0.39 is 11.2 Å². The first-order valence-corrected chi connectivity index (χ1v) is 10.2. The van der Waals surface area contributed by atoms with E-state index in [2.05, 4.69) is 10.2 Å². The van der Waals surface area contributed by atoms with Gasteiger partial charge in [-0.15, -0.1) is 10.2 Å². The van der Waals surface area contributed by atoms with Crippen molar-refractivity contribution in [2.45, 2.75) is 24.8 Å². The van der Waals surface area contributed by atoms with Gasteiger partial charge >= 0.3 is 0 Å². The van der Waals surface area contributed by atoms with Crippen LogP contribution in [0.2, 0.25) is 0 Å². The van der Waals surface area contributed by atoms with E-state index in [1.165, 1.54) is 12.1 Å². The number of hydrogen-bond donors (Lipinski definition) is 0. The Balaban J connectivity index is 1.44. The van der Waals surface area contributed by atoms with Crippen LogP contribution in [-0.2, 0) is 12.0 Å². The van der Waals surface area contributed by atoms with Gasteiger partial charge in [-0.3, -0.25) is 14.2 Å². The minimum absolute atomic E-state index is 0.0656. The molecule has 2 aliphatic heterocycles. The summed E-state index contributed by atoms with van der Waals surface area (Å²) in [5, 5.41) is 8.68. The number of carbonyl (C=O) groups excluding carboxylic acids is 1. The van der Waals surface area contributed by atoms with Gasteiger partial charge < -0.3 is 9.64 Å². The molecule has 1 spiro atoms. The highest BCUT2D eigenvalue weighted by Gasteiger charge is 2.48. The van der Waals surface area contributed by atoms with Crippen molar-refractivity contribution in [3.63, 3.8) is 0 Å². The normalized spacial score (nSPS) is 19.6. The van der Waals surface area contributed by atoms with Crippen molar-refractivity contribution in [1.29, 1.82) is 0 Å². The van der Waals surface area contributed by atoms with Gasteiger partial charge in [-0.2, -0.15) is 0 Å². The van der Waals surface area contributed by atoms with E-state index in [4.69, 9.17) is 4.74 Å². The lowest BCUT2D eigenvalue weighted by atomic mass is 9.85. The first kappa shape index (κ1) is 19.4. The maximum Gasteiger partial charge on any atom is 0.280 e. The predicted molar refractivity (Wildman–Crippen MR) is 111 cm³/mol. The molecule has 0 saturated carbocycles. The molecule has 2 aliphatic rings. The van der Waals surface area contributed by atoms with Gasteiger partial charge in [0.05, 0.1) is 18.1 Å². The van der Waals surface area contributed by atoms with Crippen LogP contribution in [0.15, 0.2) is 53.3 Å². The van der Waals surface area contributed by atoms with Gasteiger partial charge in [-0.05, 0) is 49.2 Å². The number of carbonyl (C=O) groups is 1. The van der Waals surface area contributed by atoms with Gasteiger partial charge in [0.1, 0.15) is 17.4 Å². The molecule has 8 heteroatoms. The van der Waals surface area contributed by atoms with Gasteiger partial charge in [0.2, 0.25) is 0 Å². The molecule has 3 heterocycles. The predicted octanol–water partition coefficient (Wildman–Crippen LogP) is 2.64. The summed E-state index contributed by atoms with van der Waals surface area (Å²) in [7, 11) is 1.58. The highest BCUT2D eigenvalue weighted by atomic mass is 19.1. The minimum Gasteiger partial charge on any atom is -0.497 e. The number of rotatable bonds is 3. The van der Waals surface area contributed by atoms with Crippen LogP contribution in [0.4, 0.5) is 4.39 Å². The first-order valence-electron chi connectivity index (χ1n) is 10.2. The number of ether oxygens (including phenoxy) is 1. The Kier molecular flexibility index (Phi) is 4.57. The number of aromatic nitrogens is 3. The van der Waals surface area contributed by atoms with E-state index in [-0.39, 0.29) is 17.0 Å². The van der Waals surface area contributed by atoms with E-state index in [1.54, 1.807) is 53.0 Å². The summed E-state index contributed by atoms with van der Waals surface area (Å²) in [6.07, 6.45) is 1.37. The maximum atomic E-state index is 14.1. The van der Waals surface area contributed by atoms with Crippen molar-refractivity contribution in [3.05, 3.63) is 76.1 Å². The Bertz CT molecular complexity index is 1220. The Morgan fingerprint density at radius 3 is 2.55 bits per heavy atom. The van der Waals surface area contributed by atoms with Gasteiger partial charge in [0, 0.05) is 25.2 Å². The molecule has 7 nitrogen and oxygen atoms in total. The Morgan fingerprint density at radius 2 is 1.81 bits per heavy atom. The standard InChI is InChI=1S/C23H21FN4O3/c1-31-16-8-6-15(7-9-16)19-21(30)28-13-11-23(22(28)26-25-19)10-12-27(14-23)20(29)17-4-2-3-5-18(17)24/h2-9H,10-14H2,1H3/t23-/m1/s1. The second-order valence-electron chi connectivity index (χ2n) is 8.04. The topological polar surface area (TPSA) is 77.3 Å². The number of nitrogens with zero attached hydrogens (tertiary/aromatic N) is 4. The van der Waals surface area contributed by atoms with E-state index >= 15 is 0 Å². The summed E-state index contributed by atoms with van der Waals surface area (Å²) < 4.78 is 20.9. The summed E-state index contributed by atoms with van der Waals surface area (Å²) >= 11 is 0. The van der Waals surface area contributed by atoms with Crippen LogP contribution < -0.4 is 10.3 Å². The smallest absolute Gasteiger partial charge is 0.280 e. The van der Waals surface area contributed by atoms with E-state index in [9.17, 15) is 14.0 Å². The van der Waals surface area contributed by atoms with Gasteiger partial charge in [0.15, 0.2) is 5.69 Å². The fraction of sp³-hybridized carbons (Fsp3) is 0.304. The zero-order valence-electron chi connectivity index (χ0n) is 17.0. The number of likely N-dealkylation sites (tertiary alicyclic amines) is 1. The van der Waals surface area contributed by atoms with Crippen LogP contribution >= 0.6 is 0 Å². The van der Waals surface area contributed by atoms with Crippen molar-refractivity contribution in [3.8, 4) is 17.0 Å². The van der Waals surface area contributed by atoms with Gasteiger partial charge in [0.25, 0.3) is 11.5 Å². The van der Waals surface area contributed by atoms with Crippen LogP contribution in [0.5, 0.6) is 5.75 Å². The molecule has 0 bridgehead atoms. The average molecular weight is 420 g/mol. The molecule has 1 aromatic heterocycles. The third-order valence-corrected chi connectivity index (χ3v) is 6.35. The number of methoxy groups -OCH3 is 1. The fourth-order valence-corrected chi connectivity index (χ4v) is 4.62. The Morgan fingerprint density at radius 1 is 1.06 bits per heavy atom. The van der Waals surface area contributed by atoms with Crippen LogP contribution in [0.3, 0.4) is 0 Å². The second-order valence-corrected chi connectivity index (χ2v) is 8.04. The van der Waals surface area contributed by atoms with Crippen LogP contribution in [0.1, 0.15) is 29.0 Å². The molecule has 2 aromatic carbocycles. The highest BCUT2D eigenvalue weighted by molar-refractivity contribution is 5.94. The molecule has 31 heavy (non-hydrogen) atoms. The van der Waals surface area contributed by atoms with Crippen LogP contribution in [-0.4, -0.2) is 45.8 Å². The number of amides is 1. The Hall–Kier alpha value is -3.55. The number of benzene rings is 2. The van der Waals surface area contributed by atoms with Crippen molar-refractivity contribution >= 4 is 5.91 Å². The van der Waals surface area contributed by atoms with E-state index in [0.29, 0.717) is 55.3 Å². The van der Waals surface area contributed by atoms with Gasteiger partial charge in [-0.1, -0.05) is 12.1 Å². The summed E-state index contributed by atoms with van der Waals surface area (Å²) in [5.74, 6) is 0.445. The minimum atomic E-state index is -0.527. The Labute approximate surface area is 178 Å². The van der Waals surface area contributed by atoms with Crippen LogP contribution in [0, 0.1) is 5.82 Å². The maximum absolute atomic E-state index is 14.1. The van der Waals surface area contributed by atoms with Crippen molar-refractivity contribution in [1.82, 2.24) is 19.7 Å². The van der Waals surface area contributed by atoms with Crippen molar-refractivity contribution in [2.24, 2.45) is 0 Å². The quantitative estimate of drug-likeness (QED) is 0.651. The molecular weight excluding hydrogens is 399 g/mol. The zero-order valence-corrected chi connectivity index (χ0v) is 17.0. The van der Waals surface area contributed by atoms with Gasteiger partial charge in [-0.25, -0.2) is 4.39 Å². The number of halogens is 1. The molecule has 1 saturated heterocycles. The fourth-order valence-electron chi connectivity index (χ4n) is 4.62. The SMILES string of the molecule is COc1ccc(-c2nnc3n(c2=O)CC[C@@]32CCN(C(=O)c3ccccc3F)C2)cc1. The van der Waals surface area contributed by atoms with Crippen molar-refractivity contribution in [2.75, 3.05) is 20.2 Å². The average Bonchev–Trinajstić information content (AvgIpc) is 3.39. The summed E-state index contributed by atoms with van der Waals surface area (Å²) in [6, 6.07) is 13.1. The molecule has 5 rings (SSSR count). The number of hydrogen-bond acceptors (Lipinski definition) is 5. The largest absolute Gasteiger partial charge is 0.497 e. The molecule has 1 amide bonds.